The van der Waals surface area contributed by atoms with Crippen LogP contribution in [0.1, 0.15) is 48.5 Å². The molecule has 1 saturated heterocycles. The molecule has 1 aliphatic heterocycles. The van der Waals surface area contributed by atoms with E-state index in [4.69, 9.17) is 10.5 Å². The van der Waals surface area contributed by atoms with Gasteiger partial charge in [0, 0.05) is 25.0 Å². The molecule has 168 valence electrons. The Morgan fingerprint density at radius 1 is 1.22 bits per heavy atom. The van der Waals surface area contributed by atoms with Gasteiger partial charge in [0.1, 0.15) is 17.5 Å². The number of likely N-dealkylation sites (tertiary alicyclic amines) is 1. The molecule has 3 N–H and O–H groups in total. The minimum absolute atomic E-state index is 0.0370. The van der Waals surface area contributed by atoms with E-state index in [9.17, 15) is 19.2 Å². The van der Waals surface area contributed by atoms with Crippen LogP contribution in [0.2, 0.25) is 0 Å². The van der Waals surface area contributed by atoms with Crippen molar-refractivity contribution in [1.82, 2.24) is 14.7 Å². The molecule has 1 aliphatic carbocycles. The molecule has 2 aromatic rings. The number of primary amides is 1. The van der Waals surface area contributed by atoms with Crippen molar-refractivity contribution in [2.24, 2.45) is 11.7 Å². The lowest BCUT2D eigenvalue weighted by Crippen LogP contribution is -2.45. The number of piperidine rings is 1. The molecule has 2 atom stereocenters. The lowest BCUT2D eigenvalue weighted by molar-refractivity contribution is 0.0488. The highest BCUT2D eigenvalue weighted by Gasteiger charge is 2.35. The summed E-state index contributed by atoms with van der Waals surface area (Å²) in [5.41, 5.74) is 6.22. The predicted octanol–water partition coefficient (Wildman–Crippen LogP) is 3.33. The van der Waals surface area contributed by atoms with Crippen molar-refractivity contribution in [3.8, 4) is 6.07 Å². The second-order valence-corrected chi connectivity index (χ2v) is 8.20. The van der Waals surface area contributed by atoms with E-state index in [1.54, 1.807) is 9.58 Å². The fourth-order valence-electron chi connectivity index (χ4n) is 4.28. The number of amides is 2. The number of hydrogen-bond donors (Lipinski definition) is 2. The molecule has 0 bridgehead atoms. The molecule has 9 nitrogen and oxygen atoms in total. The summed E-state index contributed by atoms with van der Waals surface area (Å²) in [4.78, 5) is 26.0. The summed E-state index contributed by atoms with van der Waals surface area (Å²) in [5.74, 6) is -1.36. The van der Waals surface area contributed by atoms with Crippen molar-refractivity contribution in [2.75, 3.05) is 18.4 Å². The van der Waals surface area contributed by atoms with E-state index in [2.05, 4.69) is 16.5 Å². The molecular weight excluding hydrogens is 415 g/mol. The number of carbonyl (C=O) groups excluding carboxylic acids is 2. The fourth-order valence-corrected chi connectivity index (χ4v) is 4.28. The third-order valence-electron chi connectivity index (χ3n) is 6.01. The standard InChI is InChI=1S/C22H25FN6O3/c23-15-5-7-16(8-6-15)26-21-18(20(25)30)13-29(27-21)19-9-10-28(12-14(19)11-24)22(31)32-17-3-1-2-4-17/h5-8,13-14,17,19H,1-4,9-10,12H2,(H2,25,30)(H,26,27)/t14-,19+/m0/s1. The average Bonchev–Trinajstić information content (AvgIpc) is 3.45. The van der Waals surface area contributed by atoms with Crippen LogP contribution in [-0.4, -0.2) is 45.9 Å². The first kappa shape index (κ1) is 21.6. The minimum Gasteiger partial charge on any atom is -0.446 e. The molecule has 0 unspecified atom stereocenters. The molecule has 1 saturated carbocycles. The number of rotatable bonds is 5. The Morgan fingerprint density at radius 2 is 1.94 bits per heavy atom. The molecule has 2 aliphatic rings. The fraction of sp³-hybridized carbons (Fsp3) is 0.455. The van der Waals surface area contributed by atoms with Gasteiger partial charge >= 0.3 is 6.09 Å². The summed E-state index contributed by atoms with van der Waals surface area (Å²) < 4.78 is 20.3. The number of aromatic nitrogens is 2. The van der Waals surface area contributed by atoms with Crippen LogP contribution in [0.15, 0.2) is 30.5 Å². The Kier molecular flexibility index (Phi) is 6.25. The van der Waals surface area contributed by atoms with Gasteiger partial charge in [-0.3, -0.25) is 9.48 Å². The largest absolute Gasteiger partial charge is 0.446 e. The molecule has 1 aromatic carbocycles. The summed E-state index contributed by atoms with van der Waals surface area (Å²) in [5, 5.41) is 17.2. The van der Waals surface area contributed by atoms with Crippen molar-refractivity contribution >= 4 is 23.5 Å². The van der Waals surface area contributed by atoms with Crippen molar-refractivity contribution < 1.29 is 18.7 Å². The van der Waals surface area contributed by atoms with Crippen molar-refractivity contribution in [2.45, 2.75) is 44.2 Å². The van der Waals surface area contributed by atoms with E-state index in [0.717, 1.165) is 25.7 Å². The second-order valence-electron chi connectivity index (χ2n) is 8.20. The molecule has 32 heavy (non-hydrogen) atoms. The SMILES string of the molecule is N#C[C@H]1CN(C(=O)OC2CCCC2)CC[C@H]1n1cc(C(N)=O)c(Nc2ccc(F)cc2)n1. The molecular formula is C22H25FN6O3. The highest BCUT2D eigenvalue weighted by Crippen LogP contribution is 2.31. The van der Waals surface area contributed by atoms with Gasteiger partial charge in [0.2, 0.25) is 0 Å². The number of hydrogen-bond acceptors (Lipinski definition) is 6. The van der Waals surface area contributed by atoms with Gasteiger partial charge < -0.3 is 20.7 Å². The van der Waals surface area contributed by atoms with Gasteiger partial charge in [-0.1, -0.05) is 0 Å². The van der Waals surface area contributed by atoms with Crippen LogP contribution >= 0.6 is 0 Å². The summed E-state index contributed by atoms with van der Waals surface area (Å²) in [6, 6.07) is 7.53. The third kappa shape index (κ3) is 4.66. The Bertz CT molecular complexity index is 1030. The average molecular weight is 440 g/mol. The van der Waals surface area contributed by atoms with Crippen LogP contribution in [0.25, 0.3) is 0 Å². The Labute approximate surface area is 184 Å². The number of nitriles is 1. The van der Waals surface area contributed by atoms with Gasteiger partial charge in [-0.15, -0.1) is 0 Å². The number of benzene rings is 1. The van der Waals surface area contributed by atoms with E-state index in [1.807, 2.05) is 0 Å². The van der Waals surface area contributed by atoms with Gasteiger partial charge in [-0.05, 0) is 56.4 Å². The number of nitrogens with two attached hydrogens (primary N) is 1. The molecule has 0 radical (unpaired) electrons. The van der Waals surface area contributed by atoms with Crippen LogP contribution in [0.4, 0.5) is 20.7 Å². The maximum atomic E-state index is 13.2. The molecule has 2 heterocycles. The molecule has 10 heteroatoms. The number of halogens is 1. The normalized spacial score (nSPS) is 21.2. The van der Waals surface area contributed by atoms with Gasteiger partial charge in [-0.2, -0.15) is 10.4 Å². The first-order valence-electron chi connectivity index (χ1n) is 10.7. The Balaban J connectivity index is 1.49. The molecule has 2 fully saturated rings. The minimum atomic E-state index is -0.674. The highest BCUT2D eigenvalue weighted by atomic mass is 19.1. The zero-order chi connectivity index (χ0) is 22.7. The Morgan fingerprint density at radius 3 is 2.59 bits per heavy atom. The quantitative estimate of drug-likeness (QED) is 0.734. The first-order valence-corrected chi connectivity index (χ1v) is 10.7. The molecule has 4 rings (SSSR count). The number of ether oxygens (including phenoxy) is 1. The number of carbonyl (C=O) groups is 2. The van der Waals surface area contributed by atoms with Crippen LogP contribution in [0, 0.1) is 23.1 Å². The summed E-state index contributed by atoms with van der Waals surface area (Å²) >= 11 is 0. The number of anilines is 2. The Hall–Kier alpha value is -3.61. The van der Waals surface area contributed by atoms with Crippen LogP contribution in [0.3, 0.4) is 0 Å². The van der Waals surface area contributed by atoms with Crippen LogP contribution in [-0.2, 0) is 4.74 Å². The van der Waals surface area contributed by atoms with E-state index >= 15 is 0 Å². The van der Waals surface area contributed by atoms with E-state index in [-0.39, 0.29) is 42.0 Å². The zero-order valence-electron chi connectivity index (χ0n) is 17.5. The van der Waals surface area contributed by atoms with Crippen molar-refractivity contribution in [3.05, 3.63) is 41.8 Å². The maximum absolute atomic E-state index is 13.2. The first-order chi connectivity index (χ1) is 15.4. The van der Waals surface area contributed by atoms with Crippen LogP contribution < -0.4 is 11.1 Å². The van der Waals surface area contributed by atoms with Gasteiger partial charge in [-0.25, -0.2) is 9.18 Å². The second kappa shape index (κ2) is 9.26. The lowest BCUT2D eigenvalue weighted by atomic mass is 9.94. The van der Waals surface area contributed by atoms with E-state index in [1.165, 1.54) is 30.5 Å². The smallest absolute Gasteiger partial charge is 0.410 e. The lowest BCUT2D eigenvalue weighted by Gasteiger charge is -2.35. The number of nitrogens with one attached hydrogen (secondary N) is 1. The summed E-state index contributed by atoms with van der Waals surface area (Å²) in [6.45, 7) is 0.639. The van der Waals surface area contributed by atoms with E-state index in [0.29, 0.717) is 18.7 Å². The maximum Gasteiger partial charge on any atom is 0.410 e. The van der Waals surface area contributed by atoms with Crippen molar-refractivity contribution in [1.29, 1.82) is 5.26 Å². The molecule has 2 amide bonds. The highest BCUT2D eigenvalue weighted by molar-refractivity contribution is 5.98. The summed E-state index contributed by atoms with van der Waals surface area (Å²) in [7, 11) is 0. The molecule has 1 aromatic heterocycles. The van der Waals surface area contributed by atoms with Gasteiger partial charge in [0.05, 0.1) is 18.0 Å². The van der Waals surface area contributed by atoms with Crippen molar-refractivity contribution in [3.63, 3.8) is 0 Å². The van der Waals surface area contributed by atoms with Gasteiger partial charge in [0.25, 0.3) is 5.91 Å². The van der Waals surface area contributed by atoms with Crippen LogP contribution in [0.5, 0.6) is 0 Å². The topological polar surface area (TPSA) is 126 Å². The number of nitrogens with zero attached hydrogens (tertiary/aromatic N) is 4. The third-order valence-corrected chi connectivity index (χ3v) is 6.01. The van der Waals surface area contributed by atoms with E-state index < -0.39 is 11.8 Å². The monoisotopic (exact) mass is 440 g/mol. The molecule has 0 spiro atoms. The van der Waals surface area contributed by atoms with Gasteiger partial charge in [0.15, 0.2) is 5.82 Å². The predicted molar refractivity (Wildman–Crippen MR) is 113 cm³/mol. The summed E-state index contributed by atoms with van der Waals surface area (Å²) in [6.07, 6.45) is 5.47. The zero-order valence-corrected chi connectivity index (χ0v) is 17.5.